The molecule has 4 N–H and O–H groups in total. The number of pyridine rings is 1. The average molecular weight is 424 g/mol. The Kier molecular flexibility index (Phi) is 5.15. The summed E-state index contributed by atoms with van der Waals surface area (Å²) in [5.41, 5.74) is 2.87. The smallest absolute Gasteiger partial charge is 0.328 e. The second-order valence-electron chi connectivity index (χ2n) is 6.99. The van der Waals surface area contributed by atoms with Crippen molar-refractivity contribution in [2.75, 3.05) is 0 Å². The number of hydrogen-bond acceptors (Lipinski definition) is 4. The number of aliphatic carboxylic acids is 1. The van der Waals surface area contributed by atoms with Crippen LogP contribution in [0.15, 0.2) is 54.6 Å². The lowest BCUT2D eigenvalue weighted by Crippen LogP contribution is -2.47. The van der Waals surface area contributed by atoms with E-state index in [0.717, 1.165) is 21.8 Å². The monoisotopic (exact) mass is 423 g/mol. The molecule has 0 fully saturated rings. The summed E-state index contributed by atoms with van der Waals surface area (Å²) in [6, 6.07) is 14.9. The number of aromatic amines is 1. The Bertz CT molecular complexity index is 1280. The molecule has 0 aliphatic rings. The number of carbonyl (C=O) groups is 2. The first-order valence-electron chi connectivity index (χ1n) is 9.24. The zero-order valence-electron chi connectivity index (χ0n) is 15.9. The van der Waals surface area contributed by atoms with E-state index in [1.807, 2.05) is 30.3 Å². The number of amides is 1. The van der Waals surface area contributed by atoms with Gasteiger partial charge in [-0.1, -0.05) is 41.9 Å². The van der Waals surface area contributed by atoms with Crippen LogP contribution >= 0.6 is 11.6 Å². The lowest BCUT2D eigenvalue weighted by Gasteiger charge is -2.17. The predicted molar refractivity (Wildman–Crippen MR) is 115 cm³/mol. The number of aliphatic hydroxyl groups is 1. The van der Waals surface area contributed by atoms with Crippen molar-refractivity contribution in [3.05, 3.63) is 65.3 Å². The Labute approximate surface area is 176 Å². The van der Waals surface area contributed by atoms with Crippen molar-refractivity contribution in [3.63, 3.8) is 0 Å². The van der Waals surface area contributed by atoms with Crippen molar-refractivity contribution >= 4 is 45.3 Å². The van der Waals surface area contributed by atoms with Gasteiger partial charge in [0.15, 0.2) is 6.04 Å². The first-order valence-corrected chi connectivity index (χ1v) is 9.62. The number of nitrogens with one attached hydrogen (secondary N) is 2. The molecule has 152 valence electrons. The molecule has 0 aliphatic heterocycles. The number of H-pyrrole nitrogens is 1. The summed E-state index contributed by atoms with van der Waals surface area (Å²) >= 11 is 6.16. The van der Waals surface area contributed by atoms with Crippen molar-refractivity contribution in [1.82, 2.24) is 15.3 Å². The molecule has 4 aromatic rings. The number of aromatic nitrogens is 2. The third-order valence-corrected chi connectivity index (χ3v) is 5.10. The molecule has 2 aromatic heterocycles. The van der Waals surface area contributed by atoms with Crippen LogP contribution in [-0.4, -0.2) is 44.2 Å². The molecule has 0 bridgehead atoms. The second kappa shape index (κ2) is 7.78. The molecule has 7 nitrogen and oxygen atoms in total. The summed E-state index contributed by atoms with van der Waals surface area (Å²) in [6.45, 7) is 1.30. The number of halogens is 1. The normalized spacial score (nSPS) is 13.3. The van der Waals surface area contributed by atoms with Crippen molar-refractivity contribution in [2.24, 2.45) is 0 Å². The predicted octanol–water partition coefficient (Wildman–Crippen LogP) is 3.60. The largest absolute Gasteiger partial charge is 0.480 e. The van der Waals surface area contributed by atoms with E-state index < -0.39 is 24.0 Å². The molecule has 2 heterocycles. The summed E-state index contributed by atoms with van der Waals surface area (Å²) in [4.78, 5) is 32.0. The van der Waals surface area contributed by atoms with Gasteiger partial charge in [0.05, 0.1) is 17.3 Å². The fourth-order valence-corrected chi connectivity index (χ4v) is 3.60. The number of nitrogens with zero attached hydrogens (tertiary/aromatic N) is 1. The topological polar surface area (TPSA) is 115 Å². The number of fused-ring (bicyclic) bond motifs is 3. The van der Waals surface area contributed by atoms with E-state index in [0.29, 0.717) is 16.3 Å². The van der Waals surface area contributed by atoms with Crippen LogP contribution in [0.4, 0.5) is 0 Å². The molecule has 0 saturated heterocycles. The van der Waals surface area contributed by atoms with Gasteiger partial charge < -0.3 is 20.5 Å². The number of carboxylic acid groups (broad SMARTS) is 1. The summed E-state index contributed by atoms with van der Waals surface area (Å²) in [5, 5.41) is 23.5. The zero-order valence-corrected chi connectivity index (χ0v) is 16.6. The molecule has 2 aromatic carbocycles. The molecule has 2 unspecified atom stereocenters. The average Bonchev–Trinajstić information content (AvgIpc) is 3.09. The van der Waals surface area contributed by atoms with Crippen LogP contribution in [0.3, 0.4) is 0 Å². The van der Waals surface area contributed by atoms with Crippen molar-refractivity contribution in [3.8, 4) is 11.3 Å². The Hall–Kier alpha value is -3.42. The molecule has 0 radical (unpaired) electrons. The molecule has 30 heavy (non-hydrogen) atoms. The summed E-state index contributed by atoms with van der Waals surface area (Å²) in [7, 11) is 0. The highest BCUT2D eigenvalue weighted by Crippen LogP contribution is 2.33. The second-order valence-corrected chi connectivity index (χ2v) is 7.43. The van der Waals surface area contributed by atoms with Gasteiger partial charge in [-0.25, -0.2) is 9.78 Å². The van der Waals surface area contributed by atoms with Gasteiger partial charge in [-0.05, 0) is 31.2 Å². The number of benzene rings is 2. The maximum absolute atomic E-state index is 12.8. The minimum Gasteiger partial charge on any atom is -0.480 e. The number of carboxylic acids is 1. The quantitative estimate of drug-likeness (QED) is 0.391. The Morgan fingerprint density at radius 3 is 2.57 bits per heavy atom. The summed E-state index contributed by atoms with van der Waals surface area (Å²) in [6.07, 6.45) is -1.27. The molecule has 0 saturated carbocycles. The number of carbonyl (C=O) groups excluding carboxylic acids is 1. The van der Waals surface area contributed by atoms with E-state index >= 15 is 0 Å². The lowest BCUT2D eigenvalue weighted by molar-refractivity contribution is -0.141. The van der Waals surface area contributed by atoms with Gasteiger partial charge in [0.25, 0.3) is 5.91 Å². The maximum Gasteiger partial charge on any atom is 0.328 e. The van der Waals surface area contributed by atoms with Gasteiger partial charge in [-0.2, -0.15) is 0 Å². The highest BCUT2D eigenvalue weighted by Gasteiger charge is 2.27. The minimum absolute atomic E-state index is 0.0362. The first kappa shape index (κ1) is 19.9. The van der Waals surface area contributed by atoms with Gasteiger partial charge in [0, 0.05) is 26.9 Å². The van der Waals surface area contributed by atoms with Crippen LogP contribution in [0.2, 0.25) is 5.02 Å². The third kappa shape index (κ3) is 3.60. The van der Waals surface area contributed by atoms with E-state index in [2.05, 4.69) is 15.3 Å². The summed E-state index contributed by atoms with van der Waals surface area (Å²) < 4.78 is 0. The SMILES string of the molecule is CC(O)C(NC(=O)c1cc2c([nH]c3ccccc32)c(-c2cccc(Cl)c2)n1)C(=O)O. The lowest BCUT2D eigenvalue weighted by atomic mass is 10.1. The van der Waals surface area contributed by atoms with Crippen molar-refractivity contribution in [2.45, 2.75) is 19.1 Å². The van der Waals surface area contributed by atoms with E-state index in [9.17, 15) is 19.8 Å². The first-order chi connectivity index (χ1) is 14.3. The minimum atomic E-state index is -1.45. The third-order valence-electron chi connectivity index (χ3n) is 4.86. The number of hydrogen-bond donors (Lipinski definition) is 4. The molecule has 4 rings (SSSR count). The molecular weight excluding hydrogens is 406 g/mol. The Morgan fingerprint density at radius 2 is 1.87 bits per heavy atom. The van der Waals surface area contributed by atoms with E-state index in [1.165, 1.54) is 6.92 Å². The molecule has 8 heteroatoms. The van der Waals surface area contributed by atoms with Gasteiger partial charge in [-0.3, -0.25) is 4.79 Å². The van der Waals surface area contributed by atoms with Gasteiger partial charge in [0.2, 0.25) is 0 Å². The standard InChI is InChI=1S/C22H18ClN3O4/c1-11(27)18(22(29)30)26-21(28)17-10-15-14-7-2-3-8-16(14)24-20(15)19(25-17)12-5-4-6-13(23)9-12/h2-11,18,24,27H,1H3,(H,26,28)(H,29,30). The van der Waals surface area contributed by atoms with E-state index in [1.54, 1.807) is 24.3 Å². The molecule has 2 atom stereocenters. The highest BCUT2D eigenvalue weighted by atomic mass is 35.5. The Balaban J connectivity index is 1.91. The fraction of sp³-hybridized carbons (Fsp3) is 0.136. The summed E-state index contributed by atoms with van der Waals surface area (Å²) in [5.74, 6) is -2.03. The van der Waals surface area contributed by atoms with E-state index in [-0.39, 0.29) is 5.69 Å². The van der Waals surface area contributed by atoms with Crippen LogP contribution in [0.25, 0.3) is 33.1 Å². The molecule has 1 amide bonds. The van der Waals surface area contributed by atoms with Crippen LogP contribution in [0.5, 0.6) is 0 Å². The van der Waals surface area contributed by atoms with Crippen LogP contribution < -0.4 is 5.32 Å². The molecular formula is C22H18ClN3O4. The zero-order chi connectivity index (χ0) is 21.4. The highest BCUT2D eigenvalue weighted by molar-refractivity contribution is 6.31. The van der Waals surface area contributed by atoms with Gasteiger partial charge in [-0.15, -0.1) is 0 Å². The van der Waals surface area contributed by atoms with E-state index in [4.69, 9.17) is 11.6 Å². The van der Waals surface area contributed by atoms with Crippen LogP contribution in [0.1, 0.15) is 17.4 Å². The molecule has 0 spiro atoms. The number of rotatable bonds is 5. The van der Waals surface area contributed by atoms with Gasteiger partial charge >= 0.3 is 5.97 Å². The van der Waals surface area contributed by atoms with Crippen LogP contribution in [0, 0.1) is 0 Å². The van der Waals surface area contributed by atoms with Crippen LogP contribution in [-0.2, 0) is 4.79 Å². The van der Waals surface area contributed by atoms with Crippen molar-refractivity contribution in [1.29, 1.82) is 0 Å². The number of para-hydroxylation sites is 1. The van der Waals surface area contributed by atoms with Crippen molar-refractivity contribution < 1.29 is 19.8 Å². The number of aliphatic hydroxyl groups excluding tert-OH is 1. The Morgan fingerprint density at radius 1 is 1.10 bits per heavy atom. The van der Waals surface area contributed by atoms with Gasteiger partial charge in [0.1, 0.15) is 5.69 Å². The maximum atomic E-state index is 12.8. The fourth-order valence-electron chi connectivity index (χ4n) is 3.41. The molecule has 0 aliphatic carbocycles.